The first-order valence-electron chi connectivity index (χ1n) is 6.01. The molecule has 0 amide bonds. The second-order valence-electron chi connectivity index (χ2n) is 4.64. The highest BCUT2D eigenvalue weighted by atomic mass is 79.9. The summed E-state index contributed by atoms with van der Waals surface area (Å²) in [7, 11) is 0. The van der Waals surface area contributed by atoms with Gasteiger partial charge in [0, 0.05) is 23.6 Å². The minimum atomic E-state index is -0.389. The number of nitro groups is 1. The number of nitrogens with zero attached hydrogens (tertiary/aromatic N) is 3. The molecule has 0 saturated carbocycles. The third-order valence-corrected chi connectivity index (χ3v) is 3.05. The molecule has 1 rings (SSSR count). The summed E-state index contributed by atoms with van der Waals surface area (Å²) in [5, 5.41) is 19.8. The van der Waals surface area contributed by atoms with Crippen LogP contribution >= 0.6 is 15.9 Å². The maximum atomic E-state index is 11.1. The third-order valence-electron chi connectivity index (χ3n) is 2.55. The molecule has 0 aliphatic rings. The van der Waals surface area contributed by atoms with Crippen LogP contribution in [0.1, 0.15) is 20.3 Å². The molecule has 0 radical (unpaired) electrons. The number of rotatable bonds is 6. The monoisotopic (exact) mass is 325 g/mol. The van der Waals surface area contributed by atoms with E-state index in [0.717, 1.165) is 0 Å². The van der Waals surface area contributed by atoms with Crippen LogP contribution in [0.25, 0.3) is 0 Å². The molecule has 0 aromatic heterocycles. The molecule has 0 aliphatic carbocycles. The van der Waals surface area contributed by atoms with Crippen LogP contribution in [0.4, 0.5) is 11.4 Å². The Labute approximate surface area is 121 Å². The fourth-order valence-corrected chi connectivity index (χ4v) is 2.20. The van der Waals surface area contributed by atoms with Gasteiger partial charge in [-0.1, -0.05) is 29.8 Å². The minimum Gasteiger partial charge on any atom is -0.365 e. The van der Waals surface area contributed by atoms with E-state index in [-0.39, 0.29) is 10.6 Å². The molecule has 0 unspecified atom stereocenters. The van der Waals surface area contributed by atoms with Gasteiger partial charge in [-0.25, -0.2) is 0 Å². The number of nitriles is 1. The molecule has 19 heavy (non-hydrogen) atoms. The first kappa shape index (κ1) is 15.4. The van der Waals surface area contributed by atoms with Crippen molar-refractivity contribution in [3.8, 4) is 6.07 Å². The molecule has 5 nitrogen and oxygen atoms in total. The summed E-state index contributed by atoms with van der Waals surface area (Å²) in [6, 6.07) is 7.08. The van der Waals surface area contributed by atoms with Gasteiger partial charge in [0.15, 0.2) is 0 Å². The smallest absolute Gasteiger partial charge is 0.293 e. The van der Waals surface area contributed by atoms with Crippen LogP contribution in [0.5, 0.6) is 0 Å². The van der Waals surface area contributed by atoms with Crippen LogP contribution in [-0.2, 0) is 0 Å². The van der Waals surface area contributed by atoms with E-state index in [2.05, 4.69) is 22.0 Å². The van der Waals surface area contributed by atoms with Gasteiger partial charge in [0.1, 0.15) is 5.69 Å². The molecule has 1 aromatic rings. The zero-order valence-electron chi connectivity index (χ0n) is 11.0. The summed E-state index contributed by atoms with van der Waals surface area (Å²) in [4.78, 5) is 12.6. The van der Waals surface area contributed by atoms with E-state index < -0.39 is 0 Å². The summed E-state index contributed by atoms with van der Waals surface area (Å²) >= 11 is 3.24. The van der Waals surface area contributed by atoms with E-state index in [1.54, 1.807) is 12.1 Å². The molecular formula is C13H16BrN3O2. The summed E-state index contributed by atoms with van der Waals surface area (Å²) in [6.07, 6.45) is 0.347. The lowest BCUT2D eigenvalue weighted by Gasteiger charge is -2.25. The Morgan fingerprint density at radius 1 is 1.53 bits per heavy atom. The fourth-order valence-electron chi connectivity index (χ4n) is 1.85. The number of hydrogen-bond donors (Lipinski definition) is 0. The summed E-state index contributed by atoms with van der Waals surface area (Å²) in [6.45, 7) is 5.27. The summed E-state index contributed by atoms with van der Waals surface area (Å²) in [5.41, 5.74) is 0.630. The summed E-state index contributed by atoms with van der Waals surface area (Å²) < 4.78 is 0.674. The van der Waals surface area contributed by atoms with Gasteiger partial charge in [0.05, 0.1) is 17.4 Å². The topological polar surface area (TPSA) is 70.2 Å². The Morgan fingerprint density at radius 2 is 2.21 bits per heavy atom. The van der Waals surface area contributed by atoms with Crippen molar-refractivity contribution in [2.24, 2.45) is 5.92 Å². The van der Waals surface area contributed by atoms with Crippen molar-refractivity contribution in [2.45, 2.75) is 20.3 Å². The van der Waals surface area contributed by atoms with Gasteiger partial charge in [-0.2, -0.15) is 5.26 Å². The number of nitro benzene ring substituents is 1. The molecule has 0 bridgehead atoms. The van der Waals surface area contributed by atoms with Gasteiger partial charge in [-0.3, -0.25) is 10.1 Å². The molecule has 0 spiro atoms. The highest BCUT2D eigenvalue weighted by Gasteiger charge is 2.20. The van der Waals surface area contributed by atoms with Crippen molar-refractivity contribution >= 4 is 27.3 Å². The Morgan fingerprint density at radius 3 is 2.74 bits per heavy atom. The summed E-state index contributed by atoms with van der Waals surface area (Å²) in [5.74, 6) is 0.363. The van der Waals surface area contributed by atoms with Crippen LogP contribution in [0.2, 0.25) is 0 Å². The van der Waals surface area contributed by atoms with Gasteiger partial charge >= 0.3 is 0 Å². The number of halogens is 1. The van der Waals surface area contributed by atoms with E-state index in [9.17, 15) is 10.1 Å². The lowest BCUT2D eigenvalue weighted by molar-refractivity contribution is -0.384. The normalized spacial score (nSPS) is 10.3. The maximum Gasteiger partial charge on any atom is 0.293 e. The van der Waals surface area contributed by atoms with Gasteiger partial charge < -0.3 is 4.90 Å². The second kappa shape index (κ2) is 7.10. The van der Waals surface area contributed by atoms with E-state index >= 15 is 0 Å². The van der Waals surface area contributed by atoms with Crippen LogP contribution < -0.4 is 4.90 Å². The molecule has 1 aromatic carbocycles. The molecule has 102 valence electrons. The quantitative estimate of drug-likeness (QED) is 0.590. The molecular weight excluding hydrogens is 310 g/mol. The van der Waals surface area contributed by atoms with E-state index in [1.807, 2.05) is 18.7 Å². The SMILES string of the molecule is CC(C)CN(CCC#N)c1ccc(Br)cc1[N+](=O)[O-]. The Kier molecular flexibility index (Phi) is 5.77. The van der Waals surface area contributed by atoms with Gasteiger partial charge in [0.2, 0.25) is 0 Å². The number of benzene rings is 1. The molecule has 0 heterocycles. The first-order chi connectivity index (χ1) is 8.95. The molecule has 0 N–H and O–H groups in total. The van der Waals surface area contributed by atoms with Crippen LogP contribution in [0.15, 0.2) is 22.7 Å². The van der Waals surface area contributed by atoms with Crippen LogP contribution in [-0.4, -0.2) is 18.0 Å². The van der Waals surface area contributed by atoms with Crippen molar-refractivity contribution < 1.29 is 4.92 Å². The van der Waals surface area contributed by atoms with E-state index in [0.29, 0.717) is 35.6 Å². The highest BCUT2D eigenvalue weighted by Crippen LogP contribution is 2.31. The predicted molar refractivity (Wildman–Crippen MR) is 78.1 cm³/mol. The van der Waals surface area contributed by atoms with Gasteiger partial charge in [0.25, 0.3) is 5.69 Å². The Balaban J connectivity index is 3.13. The second-order valence-corrected chi connectivity index (χ2v) is 5.55. The van der Waals surface area contributed by atoms with Crippen molar-refractivity contribution in [1.29, 1.82) is 5.26 Å². The van der Waals surface area contributed by atoms with Crippen molar-refractivity contribution in [2.75, 3.05) is 18.0 Å². The average molecular weight is 326 g/mol. The maximum absolute atomic E-state index is 11.1. The third kappa shape index (κ3) is 4.52. The fraction of sp³-hybridized carbons (Fsp3) is 0.462. The van der Waals surface area contributed by atoms with E-state index in [4.69, 9.17) is 5.26 Å². The largest absolute Gasteiger partial charge is 0.365 e. The minimum absolute atomic E-state index is 0.0629. The highest BCUT2D eigenvalue weighted by molar-refractivity contribution is 9.10. The molecule has 0 fully saturated rings. The van der Waals surface area contributed by atoms with Crippen LogP contribution in [0.3, 0.4) is 0 Å². The number of anilines is 1. The predicted octanol–water partition coefficient (Wildman–Crippen LogP) is 3.73. The lowest BCUT2D eigenvalue weighted by atomic mass is 10.1. The zero-order valence-corrected chi connectivity index (χ0v) is 12.6. The van der Waals surface area contributed by atoms with E-state index in [1.165, 1.54) is 6.07 Å². The molecule has 0 atom stereocenters. The lowest BCUT2D eigenvalue weighted by Crippen LogP contribution is -2.29. The molecule has 0 aliphatic heterocycles. The van der Waals surface area contributed by atoms with Crippen LogP contribution in [0, 0.1) is 27.4 Å². The molecule has 6 heteroatoms. The van der Waals surface area contributed by atoms with Crippen molar-refractivity contribution in [3.63, 3.8) is 0 Å². The van der Waals surface area contributed by atoms with Gasteiger partial charge in [-0.15, -0.1) is 0 Å². The average Bonchev–Trinajstić information content (AvgIpc) is 2.34. The van der Waals surface area contributed by atoms with Gasteiger partial charge in [-0.05, 0) is 18.1 Å². The molecule has 0 saturated heterocycles. The number of hydrogen-bond acceptors (Lipinski definition) is 4. The standard InChI is InChI=1S/C13H16BrN3O2/c1-10(2)9-16(7-3-6-15)12-5-4-11(14)8-13(12)17(18)19/h4-5,8,10H,3,7,9H2,1-2H3. The zero-order chi connectivity index (χ0) is 14.4. The van der Waals surface area contributed by atoms with Crippen molar-refractivity contribution in [1.82, 2.24) is 0 Å². The Bertz CT molecular complexity index is 497. The Hall–Kier alpha value is -1.61. The van der Waals surface area contributed by atoms with Crippen molar-refractivity contribution in [3.05, 3.63) is 32.8 Å². The first-order valence-corrected chi connectivity index (χ1v) is 6.80.